The number of esters is 1. The molecule has 5 heteroatoms. The van der Waals surface area contributed by atoms with Gasteiger partial charge >= 0.3 is 11.9 Å². The average molecular weight is 724 g/mol. The molecule has 0 bridgehead atoms. The lowest BCUT2D eigenvalue weighted by molar-refractivity contribution is -0.143. The highest BCUT2D eigenvalue weighted by atomic mass is 16.7. The lowest BCUT2D eigenvalue weighted by atomic mass is 9.87. The highest BCUT2D eigenvalue weighted by Gasteiger charge is 2.21. The Hall–Kier alpha value is -2.17. The van der Waals surface area contributed by atoms with Crippen molar-refractivity contribution in [3.05, 3.63) is 28.8 Å². The second-order valence-corrected chi connectivity index (χ2v) is 15.9. The van der Waals surface area contributed by atoms with E-state index in [-0.39, 0.29) is 11.9 Å². The Kier molecular flexibility index (Phi) is 28.5. The summed E-state index contributed by atoms with van der Waals surface area (Å²) in [5.74, 6) is 0.265. The summed E-state index contributed by atoms with van der Waals surface area (Å²) in [5, 5.41) is 4.31. The minimum Gasteiger partial charge on any atom is -0.426 e. The first-order chi connectivity index (χ1) is 25.6. The van der Waals surface area contributed by atoms with Gasteiger partial charge in [0.1, 0.15) is 5.75 Å². The number of nitrogens with zero attached hydrogens (tertiary/aromatic N) is 1. The summed E-state index contributed by atoms with van der Waals surface area (Å²) in [6.45, 7) is 6.59. The van der Waals surface area contributed by atoms with Gasteiger partial charge in [0.05, 0.1) is 5.71 Å². The van der Waals surface area contributed by atoms with Crippen LogP contribution in [0.1, 0.15) is 249 Å². The fourth-order valence-corrected chi connectivity index (χ4v) is 7.71. The van der Waals surface area contributed by atoms with Crippen molar-refractivity contribution in [1.29, 1.82) is 0 Å². The van der Waals surface area contributed by atoms with E-state index >= 15 is 0 Å². The Morgan fingerprint density at radius 3 is 1.33 bits per heavy atom. The predicted octanol–water partition coefficient (Wildman–Crippen LogP) is 15.0. The molecule has 0 spiro atoms. The van der Waals surface area contributed by atoms with Gasteiger partial charge in [-0.25, -0.2) is 4.79 Å². The van der Waals surface area contributed by atoms with Crippen molar-refractivity contribution in [1.82, 2.24) is 0 Å². The second-order valence-electron chi connectivity index (χ2n) is 15.9. The van der Waals surface area contributed by atoms with E-state index in [0.29, 0.717) is 18.6 Å². The van der Waals surface area contributed by atoms with Crippen LogP contribution in [0.25, 0.3) is 0 Å². The highest BCUT2D eigenvalue weighted by Crippen LogP contribution is 2.31. The van der Waals surface area contributed by atoms with Gasteiger partial charge in [-0.1, -0.05) is 199 Å². The van der Waals surface area contributed by atoms with Crippen molar-refractivity contribution in [3.8, 4) is 5.75 Å². The zero-order valence-corrected chi connectivity index (χ0v) is 34.5. The van der Waals surface area contributed by atoms with Gasteiger partial charge in [-0.3, -0.25) is 4.79 Å². The zero-order valence-electron chi connectivity index (χ0n) is 34.5. The topological polar surface area (TPSA) is 65.0 Å². The number of rotatable bonds is 34. The first-order valence-electron chi connectivity index (χ1n) is 22.7. The molecule has 52 heavy (non-hydrogen) atoms. The molecule has 0 heterocycles. The van der Waals surface area contributed by atoms with Crippen LogP contribution >= 0.6 is 0 Å². The van der Waals surface area contributed by atoms with Crippen molar-refractivity contribution in [3.63, 3.8) is 0 Å². The van der Waals surface area contributed by atoms with Crippen LogP contribution < -0.4 is 4.74 Å². The molecule has 0 atom stereocenters. The van der Waals surface area contributed by atoms with Crippen LogP contribution in [0, 0.1) is 6.92 Å². The molecule has 0 N–H and O–H groups in total. The smallest absolute Gasteiger partial charge is 0.335 e. The van der Waals surface area contributed by atoms with E-state index in [4.69, 9.17) is 9.57 Å². The summed E-state index contributed by atoms with van der Waals surface area (Å²) < 4.78 is 5.82. The van der Waals surface area contributed by atoms with Gasteiger partial charge in [-0.15, -0.1) is 0 Å². The van der Waals surface area contributed by atoms with E-state index in [1.165, 1.54) is 167 Å². The van der Waals surface area contributed by atoms with Crippen LogP contribution in [0.15, 0.2) is 17.3 Å². The normalized spacial score (nSPS) is 13.4. The molecule has 0 saturated carbocycles. The minimum atomic E-state index is -0.240. The lowest BCUT2D eigenvalue weighted by Crippen LogP contribution is -2.16. The number of hydrogen-bond acceptors (Lipinski definition) is 5. The van der Waals surface area contributed by atoms with E-state index < -0.39 is 0 Å². The van der Waals surface area contributed by atoms with E-state index in [0.717, 1.165) is 67.3 Å². The molecule has 1 aromatic carbocycles. The third-order valence-corrected chi connectivity index (χ3v) is 11.2. The number of unbranched alkanes of at least 4 members (excludes halogenated alkanes) is 28. The van der Waals surface area contributed by atoms with Crippen molar-refractivity contribution in [2.24, 2.45) is 5.16 Å². The quantitative estimate of drug-likeness (QED) is 0.0233. The number of benzene rings is 1. The number of ether oxygens (including phenoxy) is 1. The molecule has 1 aromatic rings. The lowest BCUT2D eigenvalue weighted by Gasteiger charge is -2.21. The molecule has 5 nitrogen and oxygen atoms in total. The van der Waals surface area contributed by atoms with E-state index in [1.54, 1.807) is 0 Å². The maximum atomic E-state index is 12.7. The predicted molar refractivity (Wildman–Crippen MR) is 221 cm³/mol. The maximum Gasteiger partial charge on any atom is 0.335 e. The van der Waals surface area contributed by atoms with Gasteiger partial charge in [0.15, 0.2) is 0 Å². The third-order valence-electron chi connectivity index (χ3n) is 11.2. The van der Waals surface area contributed by atoms with Gasteiger partial charge in [0.2, 0.25) is 0 Å². The molecule has 0 amide bonds. The van der Waals surface area contributed by atoms with E-state index in [9.17, 15) is 9.59 Å². The molecule has 0 aliphatic heterocycles. The fraction of sp³-hybridized carbons (Fsp3) is 0.809. The Morgan fingerprint density at radius 2 is 0.904 bits per heavy atom. The summed E-state index contributed by atoms with van der Waals surface area (Å²) in [6.07, 6.45) is 42.9. The number of hydrogen-bond donors (Lipinski definition) is 0. The summed E-state index contributed by atoms with van der Waals surface area (Å²) in [6, 6.07) is 3.87. The molecule has 0 aromatic heterocycles. The van der Waals surface area contributed by atoms with Crippen LogP contribution in [0.4, 0.5) is 0 Å². The van der Waals surface area contributed by atoms with Gasteiger partial charge in [0.25, 0.3) is 0 Å². The zero-order chi connectivity index (χ0) is 37.3. The van der Waals surface area contributed by atoms with Crippen LogP contribution in [0.5, 0.6) is 5.75 Å². The number of carbonyl (C=O) groups is 2. The van der Waals surface area contributed by atoms with Gasteiger partial charge in [-0.05, 0) is 62.3 Å². The van der Waals surface area contributed by atoms with Crippen LogP contribution in [0.3, 0.4) is 0 Å². The Balaban J connectivity index is 1.53. The molecule has 1 aliphatic carbocycles. The summed E-state index contributed by atoms with van der Waals surface area (Å²) >= 11 is 0. The van der Waals surface area contributed by atoms with Gasteiger partial charge in [0, 0.05) is 18.4 Å². The van der Waals surface area contributed by atoms with Crippen LogP contribution in [-0.2, 0) is 20.8 Å². The summed E-state index contributed by atoms with van der Waals surface area (Å²) in [5.41, 5.74) is 4.00. The standard InChI is InChI=1S/C47H81NO4/c1-4-6-8-10-12-14-16-18-20-22-24-26-28-30-32-37-46(49)51-45-40-39-43-42(41(45)3)35-34-36-44(43)48-52-47(50)38-33-31-29-27-25-23-21-19-17-15-13-11-9-7-5-2/h39-40H,4-38H2,1-3H3/b48-44-. The van der Waals surface area contributed by atoms with Crippen molar-refractivity contribution in [2.75, 3.05) is 0 Å². The SMILES string of the molecule is CCCCCCCCCCCCCCCCCC(=O)O/N=C1/CCCc2c1ccc(OC(=O)CCCCCCCCCCCCCCCCC)c2C. The first kappa shape index (κ1) is 46.0. The Labute approximate surface area is 321 Å². The van der Waals surface area contributed by atoms with Crippen LogP contribution in [-0.4, -0.2) is 17.7 Å². The van der Waals surface area contributed by atoms with Crippen molar-refractivity contribution in [2.45, 2.75) is 245 Å². The van der Waals surface area contributed by atoms with Gasteiger partial charge < -0.3 is 9.57 Å². The minimum absolute atomic E-state index is 0.143. The third kappa shape index (κ3) is 22.8. The average Bonchev–Trinajstić information content (AvgIpc) is 3.15. The first-order valence-corrected chi connectivity index (χ1v) is 22.7. The second kappa shape index (κ2) is 32.3. The number of fused-ring (bicyclic) bond motifs is 1. The molecule has 0 unspecified atom stereocenters. The van der Waals surface area contributed by atoms with Crippen molar-refractivity contribution < 1.29 is 19.2 Å². The maximum absolute atomic E-state index is 12.7. The molecular weight excluding hydrogens is 643 g/mol. The summed E-state index contributed by atoms with van der Waals surface area (Å²) in [4.78, 5) is 30.5. The molecule has 0 fully saturated rings. The van der Waals surface area contributed by atoms with Crippen molar-refractivity contribution >= 4 is 17.7 Å². The van der Waals surface area contributed by atoms with E-state index in [2.05, 4.69) is 19.0 Å². The molecule has 2 rings (SSSR count). The van der Waals surface area contributed by atoms with Gasteiger partial charge in [-0.2, -0.15) is 0 Å². The number of carbonyl (C=O) groups excluding carboxylic acids is 2. The molecule has 298 valence electrons. The summed E-state index contributed by atoms with van der Waals surface area (Å²) in [7, 11) is 0. The molecule has 0 saturated heterocycles. The van der Waals surface area contributed by atoms with E-state index in [1.807, 2.05) is 19.1 Å². The Bertz CT molecular complexity index is 1080. The fourth-order valence-electron chi connectivity index (χ4n) is 7.71. The Morgan fingerprint density at radius 1 is 0.519 bits per heavy atom. The largest absolute Gasteiger partial charge is 0.426 e. The van der Waals surface area contributed by atoms with Crippen LogP contribution in [0.2, 0.25) is 0 Å². The number of oxime groups is 1. The monoisotopic (exact) mass is 724 g/mol. The molecular formula is C47H81NO4. The highest BCUT2D eigenvalue weighted by molar-refractivity contribution is 6.03. The molecule has 1 aliphatic rings. The molecule has 0 radical (unpaired) electrons.